The van der Waals surface area contributed by atoms with Gasteiger partial charge in [-0.2, -0.15) is 0 Å². The van der Waals surface area contributed by atoms with E-state index in [1.165, 1.54) is 0 Å². The van der Waals surface area contributed by atoms with E-state index in [-0.39, 0.29) is 0 Å². The van der Waals surface area contributed by atoms with E-state index in [0.717, 1.165) is 5.82 Å². The molecule has 1 aromatic carbocycles. The Kier molecular flexibility index (Phi) is 2.83. The van der Waals surface area contributed by atoms with Gasteiger partial charge in [-0.3, -0.25) is 0 Å². The Morgan fingerprint density at radius 3 is 2.20 bits per heavy atom. The van der Waals surface area contributed by atoms with Crippen molar-refractivity contribution < 1.29 is 4.74 Å². The second-order valence-corrected chi connectivity index (χ2v) is 3.46. The lowest BCUT2D eigenvalue weighted by atomic mass is 10.3. The van der Waals surface area contributed by atoms with E-state index in [1.807, 2.05) is 6.92 Å². The van der Waals surface area contributed by atoms with Crippen LogP contribution in [0.15, 0.2) is 36.7 Å². The highest BCUT2D eigenvalue weighted by Crippen LogP contribution is 2.21. The lowest BCUT2D eigenvalue weighted by Crippen LogP contribution is -1.89. The molecule has 0 saturated carbocycles. The van der Waals surface area contributed by atoms with Crippen LogP contribution >= 0.6 is 11.6 Å². The summed E-state index contributed by atoms with van der Waals surface area (Å²) < 4.78 is 5.50. The molecule has 2 rings (SSSR count). The van der Waals surface area contributed by atoms with Gasteiger partial charge in [0.15, 0.2) is 5.75 Å². The van der Waals surface area contributed by atoms with Crippen LogP contribution in [0.25, 0.3) is 0 Å². The number of ether oxygens (including phenoxy) is 1. The second-order valence-electron chi connectivity index (χ2n) is 3.02. The third kappa shape index (κ3) is 2.67. The summed E-state index contributed by atoms with van der Waals surface area (Å²) in [5.41, 5.74) is 0. The Morgan fingerprint density at radius 2 is 1.60 bits per heavy atom. The smallest absolute Gasteiger partial charge is 0.164 e. The van der Waals surface area contributed by atoms with Crippen LogP contribution in [0.4, 0.5) is 0 Å². The molecule has 4 heteroatoms. The van der Waals surface area contributed by atoms with E-state index in [9.17, 15) is 0 Å². The third-order valence-electron chi connectivity index (χ3n) is 1.81. The van der Waals surface area contributed by atoms with Gasteiger partial charge in [0.2, 0.25) is 0 Å². The molecule has 0 atom stereocenters. The van der Waals surface area contributed by atoms with Crippen LogP contribution in [0.1, 0.15) is 5.82 Å². The maximum Gasteiger partial charge on any atom is 0.164 e. The summed E-state index contributed by atoms with van der Waals surface area (Å²) in [6.45, 7) is 1.83. The van der Waals surface area contributed by atoms with Gasteiger partial charge < -0.3 is 4.74 Å². The summed E-state index contributed by atoms with van der Waals surface area (Å²) in [6.07, 6.45) is 3.27. The fourth-order valence-corrected chi connectivity index (χ4v) is 1.20. The summed E-state index contributed by atoms with van der Waals surface area (Å²) in [6, 6.07) is 7.13. The van der Waals surface area contributed by atoms with Crippen LogP contribution in [0.3, 0.4) is 0 Å². The van der Waals surface area contributed by atoms with Crippen molar-refractivity contribution in [2.24, 2.45) is 0 Å². The summed E-state index contributed by atoms with van der Waals surface area (Å²) >= 11 is 5.76. The topological polar surface area (TPSA) is 35.0 Å². The first-order valence-electron chi connectivity index (χ1n) is 4.46. The number of rotatable bonds is 2. The average molecular weight is 221 g/mol. The first-order valence-corrected chi connectivity index (χ1v) is 4.84. The Labute approximate surface area is 92.7 Å². The summed E-state index contributed by atoms with van der Waals surface area (Å²) in [7, 11) is 0. The number of hydrogen-bond acceptors (Lipinski definition) is 3. The van der Waals surface area contributed by atoms with Crippen molar-refractivity contribution in [1.82, 2.24) is 9.97 Å². The van der Waals surface area contributed by atoms with Gasteiger partial charge in [0.05, 0.1) is 12.4 Å². The van der Waals surface area contributed by atoms with Crippen LogP contribution in [-0.2, 0) is 0 Å². The Balaban J connectivity index is 2.15. The SMILES string of the molecule is Cc1ncc(Oc2ccc(Cl)cc2)cn1. The monoisotopic (exact) mass is 220 g/mol. The Morgan fingerprint density at radius 1 is 1.00 bits per heavy atom. The Hall–Kier alpha value is -1.61. The number of aromatic nitrogens is 2. The third-order valence-corrected chi connectivity index (χ3v) is 2.06. The van der Waals surface area contributed by atoms with Gasteiger partial charge >= 0.3 is 0 Å². The standard InChI is InChI=1S/C11H9ClN2O/c1-8-13-6-11(7-14-8)15-10-4-2-9(12)3-5-10/h2-7H,1H3. The molecule has 0 aliphatic carbocycles. The van der Waals surface area contributed by atoms with Crippen molar-refractivity contribution in [3.63, 3.8) is 0 Å². The number of aryl methyl sites for hydroxylation is 1. The van der Waals surface area contributed by atoms with E-state index in [2.05, 4.69) is 9.97 Å². The molecule has 0 saturated heterocycles. The van der Waals surface area contributed by atoms with Crippen molar-refractivity contribution >= 4 is 11.6 Å². The van der Waals surface area contributed by atoms with Gasteiger partial charge in [0.1, 0.15) is 11.6 Å². The molecule has 1 heterocycles. The van der Waals surface area contributed by atoms with E-state index < -0.39 is 0 Å². The minimum Gasteiger partial charge on any atom is -0.454 e. The average Bonchev–Trinajstić information content (AvgIpc) is 2.25. The molecule has 0 amide bonds. The zero-order chi connectivity index (χ0) is 10.7. The van der Waals surface area contributed by atoms with Crippen LogP contribution in [-0.4, -0.2) is 9.97 Å². The molecule has 0 unspecified atom stereocenters. The van der Waals surface area contributed by atoms with Crippen molar-refractivity contribution in [3.8, 4) is 11.5 Å². The highest BCUT2D eigenvalue weighted by atomic mass is 35.5. The van der Waals surface area contributed by atoms with Crippen molar-refractivity contribution in [2.45, 2.75) is 6.92 Å². The van der Waals surface area contributed by atoms with E-state index in [0.29, 0.717) is 16.5 Å². The molecule has 0 spiro atoms. The van der Waals surface area contributed by atoms with Gasteiger partial charge in [0, 0.05) is 5.02 Å². The first kappa shape index (κ1) is 9.93. The molecule has 0 bridgehead atoms. The van der Waals surface area contributed by atoms with Gasteiger partial charge in [-0.05, 0) is 31.2 Å². The number of halogens is 1. The molecule has 0 N–H and O–H groups in total. The molecule has 76 valence electrons. The fraction of sp³-hybridized carbons (Fsp3) is 0.0909. The highest BCUT2D eigenvalue weighted by Gasteiger charge is 1.97. The second kappa shape index (κ2) is 4.28. The number of hydrogen-bond donors (Lipinski definition) is 0. The highest BCUT2D eigenvalue weighted by molar-refractivity contribution is 6.30. The van der Waals surface area contributed by atoms with E-state index in [1.54, 1.807) is 36.7 Å². The number of benzene rings is 1. The molecule has 0 radical (unpaired) electrons. The van der Waals surface area contributed by atoms with Crippen LogP contribution in [0.2, 0.25) is 5.02 Å². The quantitative estimate of drug-likeness (QED) is 0.780. The molecule has 3 nitrogen and oxygen atoms in total. The van der Waals surface area contributed by atoms with Gasteiger partial charge in [-0.15, -0.1) is 0 Å². The molecule has 0 aliphatic rings. The molecule has 2 aromatic rings. The summed E-state index contributed by atoms with van der Waals surface area (Å²) in [5, 5.41) is 0.683. The lowest BCUT2D eigenvalue weighted by molar-refractivity contribution is 0.477. The lowest BCUT2D eigenvalue weighted by Gasteiger charge is -2.04. The zero-order valence-corrected chi connectivity index (χ0v) is 8.90. The van der Waals surface area contributed by atoms with Crippen molar-refractivity contribution in [1.29, 1.82) is 0 Å². The predicted molar refractivity (Wildman–Crippen MR) is 58.3 cm³/mol. The van der Waals surface area contributed by atoms with Gasteiger partial charge in [0.25, 0.3) is 0 Å². The van der Waals surface area contributed by atoms with E-state index in [4.69, 9.17) is 16.3 Å². The normalized spacial score (nSPS) is 10.0. The maximum absolute atomic E-state index is 5.76. The zero-order valence-electron chi connectivity index (χ0n) is 8.14. The molecule has 0 aliphatic heterocycles. The van der Waals surface area contributed by atoms with Crippen molar-refractivity contribution in [2.75, 3.05) is 0 Å². The first-order chi connectivity index (χ1) is 7.24. The fourth-order valence-electron chi connectivity index (χ4n) is 1.07. The van der Waals surface area contributed by atoms with Crippen molar-refractivity contribution in [3.05, 3.63) is 47.5 Å². The van der Waals surface area contributed by atoms with E-state index >= 15 is 0 Å². The molecule has 1 aromatic heterocycles. The van der Waals surface area contributed by atoms with Crippen LogP contribution < -0.4 is 4.74 Å². The molecule has 0 fully saturated rings. The van der Waals surface area contributed by atoms with Crippen LogP contribution in [0, 0.1) is 6.92 Å². The Bertz CT molecular complexity index is 396. The summed E-state index contributed by atoms with van der Waals surface area (Å²) in [5.74, 6) is 2.05. The summed E-state index contributed by atoms with van der Waals surface area (Å²) in [4.78, 5) is 8.06. The minimum atomic E-state index is 0.614. The molecular formula is C11H9ClN2O. The largest absolute Gasteiger partial charge is 0.454 e. The molecule has 15 heavy (non-hydrogen) atoms. The minimum absolute atomic E-state index is 0.614. The maximum atomic E-state index is 5.76. The predicted octanol–water partition coefficient (Wildman–Crippen LogP) is 3.23. The van der Waals surface area contributed by atoms with Gasteiger partial charge in [-0.25, -0.2) is 9.97 Å². The van der Waals surface area contributed by atoms with Gasteiger partial charge in [-0.1, -0.05) is 11.6 Å². The number of nitrogens with zero attached hydrogens (tertiary/aromatic N) is 2. The molecular weight excluding hydrogens is 212 g/mol. The van der Waals surface area contributed by atoms with Crippen LogP contribution in [0.5, 0.6) is 11.5 Å².